The minimum atomic E-state index is -4.62. The standard InChI is InChI=1S/C6H11F2O4P/c1-3-11-13(10,12-4-2)6(7,8)5-9/h5H,3-4H2,1-2H3. The molecule has 0 bridgehead atoms. The second kappa shape index (κ2) is 4.79. The van der Waals surface area contributed by atoms with Crippen LogP contribution < -0.4 is 0 Å². The maximum Gasteiger partial charge on any atom is 0.407 e. The van der Waals surface area contributed by atoms with Crippen LogP contribution in [0.1, 0.15) is 13.8 Å². The summed E-state index contributed by atoms with van der Waals surface area (Å²) in [5.41, 5.74) is -4.07. The van der Waals surface area contributed by atoms with Crippen LogP contribution in [0.3, 0.4) is 0 Å². The third-order valence-corrected chi connectivity index (χ3v) is 3.14. The number of carbonyl (C=O) groups is 1. The van der Waals surface area contributed by atoms with Gasteiger partial charge in [0.15, 0.2) is 0 Å². The molecule has 0 radical (unpaired) electrons. The van der Waals surface area contributed by atoms with Crippen LogP contribution in [-0.4, -0.2) is 25.2 Å². The molecule has 0 saturated heterocycles. The number of hydrogen-bond donors (Lipinski definition) is 0. The fourth-order valence-electron chi connectivity index (χ4n) is 0.614. The van der Waals surface area contributed by atoms with Crippen LogP contribution >= 0.6 is 7.60 Å². The van der Waals surface area contributed by atoms with E-state index in [1.807, 2.05) is 0 Å². The Bertz CT molecular complexity index is 209. The molecule has 7 heteroatoms. The van der Waals surface area contributed by atoms with Gasteiger partial charge in [0.1, 0.15) is 0 Å². The van der Waals surface area contributed by atoms with Gasteiger partial charge in [0, 0.05) is 0 Å². The van der Waals surface area contributed by atoms with Crippen LogP contribution in [-0.2, 0) is 18.4 Å². The molecule has 78 valence electrons. The van der Waals surface area contributed by atoms with Gasteiger partial charge in [-0.05, 0) is 13.8 Å². The molecule has 13 heavy (non-hydrogen) atoms. The van der Waals surface area contributed by atoms with Crippen molar-refractivity contribution in [2.75, 3.05) is 13.2 Å². The van der Waals surface area contributed by atoms with Crippen molar-refractivity contribution in [3.8, 4) is 0 Å². The Labute approximate surface area is 74.7 Å². The lowest BCUT2D eigenvalue weighted by atomic mass is 10.8. The van der Waals surface area contributed by atoms with Crippen LogP contribution in [0.2, 0.25) is 0 Å². The van der Waals surface area contributed by atoms with Crippen LogP contribution in [0, 0.1) is 0 Å². The molecule has 0 rings (SSSR count). The topological polar surface area (TPSA) is 52.6 Å². The van der Waals surface area contributed by atoms with Gasteiger partial charge in [-0.1, -0.05) is 0 Å². The lowest BCUT2D eigenvalue weighted by Gasteiger charge is -2.20. The number of aldehydes is 1. The number of alkyl halides is 2. The van der Waals surface area contributed by atoms with E-state index in [0.717, 1.165) is 0 Å². The Balaban J connectivity index is 4.77. The monoisotopic (exact) mass is 216 g/mol. The first-order chi connectivity index (χ1) is 5.93. The van der Waals surface area contributed by atoms with Crippen molar-refractivity contribution in [1.29, 1.82) is 0 Å². The third-order valence-electron chi connectivity index (χ3n) is 1.11. The number of hydrogen-bond acceptors (Lipinski definition) is 4. The van der Waals surface area contributed by atoms with Crippen LogP contribution in [0.5, 0.6) is 0 Å². The van der Waals surface area contributed by atoms with Crippen molar-refractivity contribution >= 4 is 13.9 Å². The smallest absolute Gasteiger partial charge is 0.304 e. The van der Waals surface area contributed by atoms with E-state index >= 15 is 0 Å². The fraction of sp³-hybridized carbons (Fsp3) is 0.833. The normalized spacial score (nSPS) is 12.9. The molecule has 0 atom stereocenters. The Morgan fingerprint density at radius 1 is 1.31 bits per heavy atom. The molecule has 0 amide bonds. The minimum absolute atomic E-state index is 0.208. The van der Waals surface area contributed by atoms with Crippen molar-refractivity contribution in [3.63, 3.8) is 0 Å². The van der Waals surface area contributed by atoms with Gasteiger partial charge in [0.2, 0.25) is 6.29 Å². The summed E-state index contributed by atoms with van der Waals surface area (Å²) in [7, 11) is -4.62. The summed E-state index contributed by atoms with van der Waals surface area (Å²) in [6, 6.07) is 0. The second-order valence-electron chi connectivity index (χ2n) is 2.04. The second-order valence-corrected chi connectivity index (χ2v) is 4.15. The van der Waals surface area contributed by atoms with E-state index in [9.17, 15) is 18.1 Å². The zero-order chi connectivity index (χ0) is 10.5. The van der Waals surface area contributed by atoms with E-state index in [1.165, 1.54) is 13.8 Å². The van der Waals surface area contributed by atoms with Crippen LogP contribution in [0.15, 0.2) is 0 Å². The van der Waals surface area contributed by atoms with E-state index in [0.29, 0.717) is 0 Å². The Morgan fingerprint density at radius 3 is 1.92 bits per heavy atom. The first kappa shape index (κ1) is 12.7. The maximum atomic E-state index is 12.7. The Hall–Kier alpha value is -0.320. The zero-order valence-electron chi connectivity index (χ0n) is 7.33. The Kier molecular flexibility index (Phi) is 4.67. The average Bonchev–Trinajstić information content (AvgIpc) is 2.05. The molecule has 0 aromatic heterocycles. The first-order valence-electron chi connectivity index (χ1n) is 3.67. The summed E-state index contributed by atoms with van der Waals surface area (Å²) >= 11 is 0. The fourth-order valence-corrected chi connectivity index (χ4v) is 1.84. The first-order valence-corrected chi connectivity index (χ1v) is 5.21. The molecule has 0 unspecified atom stereocenters. The highest BCUT2D eigenvalue weighted by Gasteiger charge is 2.53. The molecule has 0 spiro atoms. The van der Waals surface area contributed by atoms with E-state index < -0.39 is 19.5 Å². The molecule has 4 nitrogen and oxygen atoms in total. The van der Waals surface area contributed by atoms with Gasteiger partial charge in [-0.2, -0.15) is 8.78 Å². The van der Waals surface area contributed by atoms with Gasteiger partial charge in [-0.25, -0.2) is 0 Å². The highest BCUT2D eigenvalue weighted by Crippen LogP contribution is 2.60. The van der Waals surface area contributed by atoms with Gasteiger partial charge in [0.25, 0.3) is 0 Å². The summed E-state index contributed by atoms with van der Waals surface area (Å²) in [4.78, 5) is 9.94. The van der Waals surface area contributed by atoms with Crippen molar-refractivity contribution in [2.45, 2.75) is 19.5 Å². The number of rotatable bonds is 6. The predicted octanol–water partition coefficient (Wildman–Crippen LogP) is 2.04. The van der Waals surface area contributed by atoms with E-state index in [1.54, 1.807) is 0 Å². The maximum absolute atomic E-state index is 12.7. The lowest BCUT2D eigenvalue weighted by Crippen LogP contribution is -2.21. The van der Waals surface area contributed by atoms with Gasteiger partial charge < -0.3 is 9.05 Å². The SMILES string of the molecule is CCOP(=O)(OCC)C(F)(F)C=O. The quantitative estimate of drug-likeness (QED) is 0.503. The van der Waals surface area contributed by atoms with Crippen LogP contribution in [0.4, 0.5) is 8.78 Å². The van der Waals surface area contributed by atoms with E-state index in [2.05, 4.69) is 9.05 Å². The van der Waals surface area contributed by atoms with Crippen molar-refractivity contribution < 1.29 is 27.2 Å². The molecule has 0 aromatic carbocycles. The molecule has 0 aliphatic heterocycles. The summed E-state index contributed by atoms with van der Waals surface area (Å²) < 4.78 is 45.2. The van der Waals surface area contributed by atoms with Crippen molar-refractivity contribution in [2.24, 2.45) is 0 Å². The Morgan fingerprint density at radius 2 is 1.69 bits per heavy atom. The van der Waals surface area contributed by atoms with Gasteiger partial charge in [-0.3, -0.25) is 9.36 Å². The molecule has 0 heterocycles. The van der Waals surface area contributed by atoms with Gasteiger partial charge in [-0.15, -0.1) is 0 Å². The summed E-state index contributed by atoms with van der Waals surface area (Å²) in [6.07, 6.45) is -0.723. The molecule has 0 N–H and O–H groups in total. The van der Waals surface area contributed by atoms with E-state index in [4.69, 9.17) is 0 Å². The molecular weight excluding hydrogens is 205 g/mol. The molecule has 0 saturated carbocycles. The zero-order valence-corrected chi connectivity index (χ0v) is 8.22. The minimum Gasteiger partial charge on any atom is -0.304 e. The van der Waals surface area contributed by atoms with Crippen molar-refractivity contribution in [3.05, 3.63) is 0 Å². The average molecular weight is 216 g/mol. The molecule has 0 aliphatic carbocycles. The largest absolute Gasteiger partial charge is 0.407 e. The summed E-state index contributed by atoms with van der Waals surface area (Å²) in [5, 5.41) is 0. The summed E-state index contributed by atoms with van der Waals surface area (Å²) in [5.74, 6) is 0. The molecular formula is C6H11F2O4P. The van der Waals surface area contributed by atoms with Gasteiger partial charge >= 0.3 is 13.3 Å². The van der Waals surface area contributed by atoms with Gasteiger partial charge in [0.05, 0.1) is 13.2 Å². The number of halogens is 2. The third kappa shape index (κ3) is 2.83. The summed E-state index contributed by atoms with van der Waals surface area (Å²) in [6.45, 7) is 2.35. The highest BCUT2D eigenvalue weighted by molar-refractivity contribution is 7.56. The molecule has 0 aromatic rings. The van der Waals surface area contributed by atoms with E-state index in [-0.39, 0.29) is 13.2 Å². The lowest BCUT2D eigenvalue weighted by molar-refractivity contribution is -0.122. The van der Waals surface area contributed by atoms with Crippen LogP contribution in [0.25, 0.3) is 0 Å². The number of carbonyl (C=O) groups excluding carboxylic acids is 1. The van der Waals surface area contributed by atoms with Crippen molar-refractivity contribution in [1.82, 2.24) is 0 Å². The molecule has 0 aliphatic rings. The molecule has 0 fully saturated rings. The predicted molar refractivity (Wildman–Crippen MR) is 41.9 cm³/mol. The highest BCUT2D eigenvalue weighted by atomic mass is 31.2.